The fourth-order valence-corrected chi connectivity index (χ4v) is 3.47. The predicted octanol–water partition coefficient (Wildman–Crippen LogP) is 2.56. The zero-order valence-corrected chi connectivity index (χ0v) is 12.4. The number of carbonyl (C=O) groups is 1. The van der Waals surface area contributed by atoms with Crippen LogP contribution >= 0.6 is 0 Å². The lowest BCUT2D eigenvalue weighted by molar-refractivity contribution is 0.0733. The van der Waals surface area contributed by atoms with Crippen LogP contribution in [0.15, 0.2) is 24.4 Å². The molecule has 22 heavy (non-hydrogen) atoms. The first kappa shape index (κ1) is 13.5. The van der Waals surface area contributed by atoms with Crippen LogP contribution in [0.3, 0.4) is 0 Å². The number of fused-ring (bicyclic) bond motifs is 2. The van der Waals surface area contributed by atoms with Gasteiger partial charge in [0, 0.05) is 19.6 Å². The molecule has 0 aliphatic carbocycles. The predicted molar refractivity (Wildman–Crippen MR) is 80.0 cm³/mol. The zero-order chi connectivity index (χ0) is 15.1. The molecule has 2 aromatic rings. The van der Waals surface area contributed by atoms with Gasteiger partial charge in [0.05, 0.1) is 17.5 Å². The van der Waals surface area contributed by atoms with E-state index in [2.05, 4.69) is 5.10 Å². The van der Waals surface area contributed by atoms with Crippen molar-refractivity contribution < 1.29 is 9.18 Å². The molecule has 114 valence electrons. The van der Waals surface area contributed by atoms with Crippen molar-refractivity contribution >= 4 is 5.91 Å². The van der Waals surface area contributed by atoms with Crippen LogP contribution in [0.2, 0.25) is 0 Å². The van der Waals surface area contributed by atoms with Crippen LogP contribution < -0.4 is 0 Å². The van der Waals surface area contributed by atoms with Crippen LogP contribution in [0, 0.1) is 5.82 Å². The average molecular weight is 299 g/mol. The maximum atomic E-state index is 13.4. The fraction of sp³-hybridized carbons (Fsp3) is 0.412. The molecule has 0 atom stereocenters. The van der Waals surface area contributed by atoms with Crippen molar-refractivity contribution in [3.63, 3.8) is 0 Å². The Morgan fingerprint density at radius 2 is 2.05 bits per heavy atom. The third kappa shape index (κ3) is 2.21. The molecule has 0 saturated carbocycles. The molecule has 2 aliphatic rings. The van der Waals surface area contributed by atoms with Crippen molar-refractivity contribution in [1.82, 2.24) is 14.7 Å². The Bertz CT molecular complexity index is 738. The Hall–Kier alpha value is -2.17. The van der Waals surface area contributed by atoms with Gasteiger partial charge in [-0.15, -0.1) is 0 Å². The molecule has 1 amide bonds. The summed E-state index contributed by atoms with van der Waals surface area (Å²) in [5, 5.41) is 4.34. The smallest absolute Gasteiger partial charge is 0.257 e. The SMILES string of the molecule is O=C(c1cnn2c1CCCC2)N1CCc2ccc(F)cc2C1. The maximum absolute atomic E-state index is 13.4. The third-order valence-electron chi connectivity index (χ3n) is 4.68. The van der Waals surface area contributed by atoms with Gasteiger partial charge in [-0.3, -0.25) is 9.48 Å². The average Bonchev–Trinajstić information content (AvgIpc) is 2.97. The standard InChI is InChI=1S/C17H18FN3O/c18-14-5-4-12-6-8-20(11-13(12)9-14)17(22)15-10-19-21-7-2-1-3-16(15)21/h4-5,9-10H,1-3,6-8,11H2. The molecule has 0 spiro atoms. The molecular formula is C17H18FN3O. The van der Waals surface area contributed by atoms with E-state index in [-0.39, 0.29) is 11.7 Å². The number of aryl methyl sites for hydroxylation is 1. The van der Waals surface area contributed by atoms with E-state index in [4.69, 9.17) is 0 Å². The van der Waals surface area contributed by atoms with E-state index in [1.807, 2.05) is 15.6 Å². The van der Waals surface area contributed by atoms with E-state index in [1.54, 1.807) is 12.3 Å². The summed E-state index contributed by atoms with van der Waals surface area (Å²) in [6.45, 7) is 2.06. The third-order valence-corrected chi connectivity index (χ3v) is 4.68. The summed E-state index contributed by atoms with van der Waals surface area (Å²) in [6, 6.07) is 4.86. The van der Waals surface area contributed by atoms with E-state index >= 15 is 0 Å². The minimum absolute atomic E-state index is 0.0260. The van der Waals surface area contributed by atoms with Gasteiger partial charge >= 0.3 is 0 Å². The van der Waals surface area contributed by atoms with Crippen molar-refractivity contribution in [2.24, 2.45) is 0 Å². The van der Waals surface area contributed by atoms with E-state index in [0.29, 0.717) is 13.1 Å². The largest absolute Gasteiger partial charge is 0.334 e. The summed E-state index contributed by atoms with van der Waals surface area (Å²) >= 11 is 0. The molecule has 2 aliphatic heterocycles. The molecule has 4 rings (SSSR count). The molecular weight excluding hydrogens is 281 g/mol. The number of hydrogen-bond acceptors (Lipinski definition) is 2. The summed E-state index contributed by atoms with van der Waals surface area (Å²) < 4.78 is 15.4. The highest BCUT2D eigenvalue weighted by atomic mass is 19.1. The van der Waals surface area contributed by atoms with E-state index < -0.39 is 0 Å². The lowest BCUT2D eigenvalue weighted by atomic mass is 9.98. The number of halogens is 1. The number of carbonyl (C=O) groups excluding carboxylic acids is 1. The van der Waals surface area contributed by atoms with Crippen LogP contribution in [-0.4, -0.2) is 27.1 Å². The lowest BCUT2D eigenvalue weighted by Crippen LogP contribution is -2.36. The topological polar surface area (TPSA) is 38.1 Å². The van der Waals surface area contributed by atoms with Gasteiger partial charge in [-0.05, 0) is 48.9 Å². The monoisotopic (exact) mass is 299 g/mol. The maximum Gasteiger partial charge on any atom is 0.257 e. The van der Waals surface area contributed by atoms with Gasteiger partial charge in [0.2, 0.25) is 0 Å². The molecule has 1 aromatic carbocycles. The first-order valence-corrected chi connectivity index (χ1v) is 7.83. The normalized spacial score (nSPS) is 17.0. The number of nitrogens with zero attached hydrogens (tertiary/aromatic N) is 3. The molecule has 0 bridgehead atoms. The van der Waals surface area contributed by atoms with Crippen LogP contribution in [0.25, 0.3) is 0 Å². The van der Waals surface area contributed by atoms with E-state index in [1.165, 1.54) is 6.07 Å². The van der Waals surface area contributed by atoms with Crippen LogP contribution in [0.1, 0.15) is 40.0 Å². The van der Waals surface area contributed by atoms with Gasteiger partial charge in [-0.1, -0.05) is 6.07 Å². The summed E-state index contributed by atoms with van der Waals surface area (Å²) in [4.78, 5) is 14.6. The lowest BCUT2D eigenvalue weighted by Gasteiger charge is -2.29. The summed E-state index contributed by atoms with van der Waals surface area (Å²) in [6.07, 6.45) is 5.63. The van der Waals surface area contributed by atoms with Crippen molar-refractivity contribution in [3.8, 4) is 0 Å². The second kappa shape index (κ2) is 5.23. The molecule has 4 nitrogen and oxygen atoms in total. The van der Waals surface area contributed by atoms with Gasteiger partial charge in [0.25, 0.3) is 5.91 Å². The number of aromatic nitrogens is 2. The molecule has 1 aromatic heterocycles. The van der Waals surface area contributed by atoms with Gasteiger partial charge in [-0.2, -0.15) is 5.10 Å². The fourth-order valence-electron chi connectivity index (χ4n) is 3.47. The number of hydrogen-bond donors (Lipinski definition) is 0. The molecule has 0 N–H and O–H groups in total. The van der Waals surface area contributed by atoms with Gasteiger partial charge in [0.15, 0.2) is 0 Å². The van der Waals surface area contributed by atoms with Gasteiger partial charge in [-0.25, -0.2) is 4.39 Å². The van der Waals surface area contributed by atoms with Crippen molar-refractivity contribution in [1.29, 1.82) is 0 Å². The Morgan fingerprint density at radius 1 is 1.14 bits per heavy atom. The van der Waals surface area contributed by atoms with E-state index in [9.17, 15) is 9.18 Å². The van der Waals surface area contributed by atoms with Gasteiger partial charge in [0.1, 0.15) is 5.82 Å². The van der Waals surface area contributed by atoms with E-state index in [0.717, 1.165) is 54.6 Å². The Labute approximate surface area is 128 Å². The molecule has 0 saturated heterocycles. The van der Waals surface area contributed by atoms with Gasteiger partial charge < -0.3 is 4.90 Å². The van der Waals surface area contributed by atoms with Crippen LogP contribution in [0.5, 0.6) is 0 Å². The Kier molecular flexibility index (Phi) is 3.21. The summed E-state index contributed by atoms with van der Waals surface area (Å²) in [5.41, 5.74) is 3.84. The highest BCUT2D eigenvalue weighted by Gasteiger charge is 2.26. The molecule has 3 heterocycles. The molecule has 0 radical (unpaired) electrons. The highest BCUT2D eigenvalue weighted by molar-refractivity contribution is 5.95. The van der Waals surface area contributed by atoms with Crippen molar-refractivity contribution in [2.75, 3.05) is 6.54 Å². The first-order valence-electron chi connectivity index (χ1n) is 7.83. The number of benzene rings is 1. The number of rotatable bonds is 1. The second-order valence-corrected chi connectivity index (χ2v) is 6.07. The molecule has 0 fully saturated rings. The first-order chi connectivity index (χ1) is 10.7. The van der Waals surface area contributed by atoms with Crippen LogP contribution in [-0.2, 0) is 25.9 Å². The molecule has 5 heteroatoms. The summed E-state index contributed by atoms with van der Waals surface area (Å²) in [5.74, 6) is -0.214. The van der Waals surface area contributed by atoms with Crippen molar-refractivity contribution in [2.45, 2.75) is 38.8 Å². The summed E-state index contributed by atoms with van der Waals surface area (Å²) in [7, 11) is 0. The second-order valence-electron chi connectivity index (χ2n) is 6.07. The molecule has 0 unspecified atom stereocenters. The number of amides is 1. The minimum Gasteiger partial charge on any atom is -0.334 e. The highest BCUT2D eigenvalue weighted by Crippen LogP contribution is 2.24. The zero-order valence-electron chi connectivity index (χ0n) is 12.4. The van der Waals surface area contributed by atoms with Crippen LogP contribution in [0.4, 0.5) is 4.39 Å². The van der Waals surface area contributed by atoms with Crippen molar-refractivity contribution in [3.05, 3.63) is 52.6 Å². The minimum atomic E-state index is -0.240. The Morgan fingerprint density at radius 3 is 2.95 bits per heavy atom. The Balaban J connectivity index is 1.60. The quantitative estimate of drug-likeness (QED) is 0.811.